The molecule has 1 aromatic carbocycles. The Kier molecular flexibility index (Phi) is 4.96. The highest BCUT2D eigenvalue weighted by atomic mass is 16.4. The van der Waals surface area contributed by atoms with Gasteiger partial charge in [-0.3, -0.25) is 4.79 Å². The van der Waals surface area contributed by atoms with Crippen LogP contribution in [0.5, 0.6) is 0 Å². The molecule has 4 N–H and O–H groups in total. The lowest BCUT2D eigenvalue weighted by Gasteiger charge is -2.35. The molecule has 1 aromatic rings. The van der Waals surface area contributed by atoms with Gasteiger partial charge in [0, 0.05) is 12.1 Å². The van der Waals surface area contributed by atoms with E-state index in [9.17, 15) is 9.59 Å². The lowest BCUT2D eigenvalue weighted by atomic mass is 10.1. The van der Waals surface area contributed by atoms with Gasteiger partial charge in [-0.25, -0.2) is 4.79 Å². The first kappa shape index (κ1) is 15.8. The summed E-state index contributed by atoms with van der Waals surface area (Å²) in [6, 6.07) is 6.57. The van der Waals surface area contributed by atoms with Gasteiger partial charge in [-0.15, -0.1) is 0 Å². The van der Waals surface area contributed by atoms with Crippen LogP contribution in [0.25, 0.3) is 0 Å². The summed E-state index contributed by atoms with van der Waals surface area (Å²) in [6.45, 7) is 5.69. The molecule has 0 unspecified atom stereocenters. The number of urea groups is 1. The van der Waals surface area contributed by atoms with Gasteiger partial charge < -0.3 is 21.1 Å². The maximum atomic E-state index is 12.3. The maximum absolute atomic E-state index is 12.3. The van der Waals surface area contributed by atoms with Crippen molar-refractivity contribution in [3.8, 4) is 0 Å². The van der Waals surface area contributed by atoms with Gasteiger partial charge in [0.05, 0.1) is 17.8 Å². The molecule has 0 saturated heterocycles. The van der Waals surface area contributed by atoms with Crippen molar-refractivity contribution in [3.63, 3.8) is 0 Å². The van der Waals surface area contributed by atoms with Gasteiger partial charge in [-0.1, -0.05) is 12.1 Å². The van der Waals surface area contributed by atoms with E-state index < -0.39 is 11.5 Å². The Morgan fingerprint density at radius 3 is 2.40 bits per heavy atom. The monoisotopic (exact) mass is 279 g/mol. The number of carboxylic acid groups (broad SMARTS) is 1. The number of aliphatic carboxylic acids is 1. The van der Waals surface area contributed by atoms with Crippen molar-refractivity contribution in [3.05, 3.63) is 24.3 Å². The predicted octanol–water partition coefficient (Wildman–Crippen LogP) is 2.38. The van der Waals surface area contributed by atoms with Crippen molar-refractivity contribution in [1.29, 1.82) is 0 Å². The summed E-state index contributed by atoms with van der Waals surface area (Å²) in [4.78, 5) is 24.5. The molecule has 0 spiro atoms. The molecule has 0 bridgehead atoms. The van der Waals surface area contributed by atoms with E-state index in [2.05, 4.69) is 5.32 Å². The van der Waals surface area contributed by atoms with Crippen LogP contribution in [0.1, 0.15) is 27.2 Å². The molecule has 20 heavy (non-hydrogen) atoms. The number of hydrogen-bond donors (Lipinski definition) is 3. The van der Waals surface area contributed by atoms with E-state index in [-0.39, 0.29) is 19.0 Å². The van der Waals surface area contributed by atoms with Crippen molar-refractivity contribution in [2.24, 2.45) is 0 Å². The minimum absolute atomic E-state index is 0.102. The molecule has 0 aliphatic carbocycles. The lowest BCUT2D eigenvalue weighted by molar-refractivity contribution is -0.137. The minimum atomic E-state index is -0.939. The molecule has 0 radical (unpaired) electrons. The Bertz CT molecular complexity index is 495. The average molecular weight is 279 g/mol. The second kappa shape index (κ2) is 6.27. The molecule has 0 heterocycles. The van der Waals surface area contributed by atoms with Crippen LogP contribution in [0.15, 0.2) is 24.3 Å². The summed E-state index contributed by atoms with van der Waals surface area (Å²) in [5.74, 6) is -0.939. The van der Waals surface area contributed by atoms with Crippen molar-refractivity contribution in [2.75, 3.05) is 17.6 Å². The van der Waals surface area contributed by atoms with E-state index >= 15 is 0 Å². The standard InChI is InChI=1S/C14H21N3O3/c1-14(2,3)17(9-8-12(18)19)13(20)16-11-7-5-4-6-10(11)15/h4-7H,8-9,15H2,1-3H3,(H,16,20)(H,18,19). The number of nitrogens with two attached hydrogens (primary N) is 1. The molecular weight excluding hydrogens is 258 g/mol. The molecular formula is C14H21N3O3. The summed E-state index contributed by atoms with van der Waals surface area (Å²) in [6.07, 6.45) is -0.102. The second-order valence-corrected chi connectivity index (χ2v) is 5.48. The first-order valence-corrected chi connectivity index (χ1v) is 6.36. The third-order valence-electron chi connectivity index (χ3n) is 2.81. The number of nitrogen functional groups attached to an aromatic ring is 1. The molecule has 110 valence electrons. The molecule has 0 saturated carbocycles. The molecule has 0 aromatic heterocycles. The summed E-state index contributed by atoms with van der Waals surface area (Å²) in [7, 11) is 0. The number of carbonyl (C=O) groups excluding carboxylic acids is 1. The molecule has 1 rings (SSSR count). The Morgan fingerprint density at radius 1 is 1.30 bits per heavy atom. The summed E-state index contributed by atoms with van der Waals surface area (Å²) >= 11 is 0. The summed E-state index contributed by atoms with van der Waals surface area (Å²) < 4.78 is 0. The van der Waals surface area contributed by atoms with E-state index in [1.807, 2.05) is 20.8 Å². The van der Waals surface area contributed by atoms with Crippen LogP contribution >= 0.6 is 0 Å². The number of nitrogens with zero attached hydrogens (tertiary/aromatic N) is 1. The highest BCUT2D eigenvalue weighted by Crippen LogP contribution is 2.20. The predicted molar refractivity (Wildman–Crippen MR) is 78.6 cm³/mol. The first-order chi connectivity index (χ1) is 9.21. The van der Waals surface area contributed by atoms with Crippen LogP contribution in [0, 0.1) is 0 Å². The van der Waals surface area contributed by atoms with Crippen molar-refractivity contribution in [2.45, 2.75) is 32.7 Å². The van der Waals surface area contributed by atoms with Crippen molar-refractivity contribution < 1.29 is 14.7 Å². The topological polar surface area (TPSA) is 95.7 Å². The largest absolute Gasteiger partial charge is 0.481 e. The van der Waals surface area contributed by atoms with Crippen molar-refractivity contribution >= 4 is 23.4 Å². The summed E-state index contributed by atoms with van der Waals surface area (Å²) in [5.41, 5.74) is 6.27. The van der Waals surface area contributed by atoms with E-state index in [0.29, 0.717) is 11.4 Å². The number of para-hydroxylation sites is 2. The minimum Gasteiger partial charge on any atom is -0.481 e. The van der Waals surface area contributed by atoms with E-state index in [1.165, 1.54) is 4.90 Å². The number of hydrogen-bond acceptors (Lipinski definition) is 3. The molecule has 0 aliphatic heterocycles. The average Bonchev–Trinajstić information content (AvgIpc) is 2.30. The zero-order chi connectivity index (χ0) is 15.3. The molecule has 6 nitrogen and oxygen atoms in total. The third kappa shape index (κ3) is 4.46. The number of amides is 2. The first-order valence-electron chi connectivity index (χ1n) is 6.36. The molecule has 0 atom stereocenters. The molecule has 2 amide bonds. The fourth-order valence-corrected chi connectivity index (χ4v) is 1.74. The van der Waals surface area contributed by atoms with E-state index in [4.69, 9.17) is 10.8 Å². The fraction of sp³-hybridized carbons (Fsp3) is 0.429. The van der Waals surface area contributed by atoms with E-state index in [0.717, 1.165) is 0 Å². The fourth-order valence-electron chi connectivity index (χ4n) is 1.74. The lowest BCUT2D eigenvalue weighted by Crippen LogP contribution is -2.48. The van der Waals surface area contributed by atoms with Gasteiger partial charge in [0.25, 0.3) is 0 Å². The Hall–Kier alpha value is -2.24. The number of benzene rings is 1. The van der Waals surface area contributed by atoms with Crippen LogP contribution in [0.3, 0.4) is 0 Å². The third-order valence-corrected chi connectivity index (χ3v) is 2.81. The van der Waals surface area contributed by atoms with Gasteiger partial charge in [-0.05, 0) is 32.9 Å². The maximum Gasteiger partial charge on any atom is 0.322 e. The number of nitrogens with one attached hydrogen (secondary N) is 1. The second-order valence-electron chi connectivity index (χ2n) is 5.48. The van der Waals surface area contributed by atoms with Crippen LogP contribution in [-0.2, 0) is 4.79 Å². The highest BCUT2D eigenvalue weighted by molar-refractivity contribution is 5.93. The Morgan fingerprint density at radius 2 is 1.90 bits per heavy atom. The Labute approximate surface area is 118 Å². The molecule has 0 aliphatic rings. The van der Waals surface area contributed by atoms with Gasteiger partial charge in [-0.2, -0.15) is 0 Å². The smallest absolute Gasteiger partial charge is 0.322 e. The number of carboxylic acids is 1. The van der Waals surface area contributed by atoms with Crippen molar-refractivity contribution in [1.82, 2.24) is 4.90 Å². The number of anilines is 2. The Balaban J connectivity index is 2.83. The quantitative estimate of drug-likeness (QED) is 0.737. The summed E-state index contributed by atoms with van der Waals surface area (Å²) in [5, 5.41) is 11.5. The molecule has 0 fully saturated rings. The zero-order valence-corrected chi connectivity index (χ0v) is 12.0. The van der Waals surface area contributed by atoms with Crippen LogP contribution in [0.4, 0.5) is 16.2 Å². The SMILES string of the molecule is CC(C)(C)N(CCC(=O)O)C(=O)Nc1ccccc1N. The van der Waals surface area contributed by atoms with Gasteiger partial charge in [0.1, 0.15) is 0 Å². The number of carbonyl (C=O) groups is 2. The van der Waals surface area contributed by atoms with Gasteiger partial charge in [0.15, 0.2) is 0 Å². The zero-order valence-electron chi connectivity index (χ0n) is 12.0. The highest BCUT2D eigenvalue weighted by Gasteiger charge is 2.27. The van der Waals surface area contributed by atoms with Gasteiger partial charge >= 0.3 is 12.0 Å². The van der Waals surface area contributed by atoms with Gasteiger partial charge in [0.2, 0.25) is 0 Å². The normalized spacial score (nSPS) is 10.9. The number of rotatable bonds is 4. The van der Waals surface area contributed by atoms with E-state index in [1.54, 1.807) is 24.3 Å². The van der Waals surface area contributed by atoms with Crippen LogP contribution in [0.2, 0.25) is 0 Å². The van der Waals surface area contributed by atoms with Crippen LogP contribution in [-0.4, -0.2) is 34.1 Å². The molecule has 6 heteroatoms. The van der Waals surface area contributed by atoms with Crippen LogP contribution < -0.4 is 11.1 Å².